The Hall–Kier alpha value is -1.69. The average molecular weight is 191 g/mol. The SMILES string of the molecule is C[C@@H](C#N)CC(=O)c1ccc(F)cc1. The van der Waals surface area contributed by atoms with E-state index >= 15 is 0 Å². The number of rotatable bonds is 3. The maximum absolute atomic E-state index is 12.5. The molecule has 0 amide bonds. The van der Waals surface area contributed by atoms with Gasteiger partial charge in [-0.15, -0.1) is 0 Å². The number of ketones is 1. The van der Waals surface area contributed by atoms with E-state index in [0.717, 1.165) is 0 Å². The molecular formula is C11H10FNO. The summed E-state index contributed by atoms with van der Waals surface area (Å²) in [5.41, 5.74) is 0.452. The lowest BCUT2D eigenvalue weighted by Crippen LogP contribution is -2.04. The van der Waals surface area contributed by atoms with E-state index in [-0.39, 0.29) is 23.9 Å². The standard InChI is InChI=1S/C11H10FNO/c1-8(7-13)6-11(14)9-2-4-10(12)5-3-9/h2-5,8H,6H2,1H3/t8-/m1/s1. The van der Waals surface area contributed by atoms with E-state index in [1.165, 1.54) is 24.3 Å². The van der Waals surface area contributed by atoms with Gasteiger partial charge in [-0.2, -0.15) is 5.26 Å². The predicted molar refractivity (Wildman–Crippen MR) is 50.1 cm³/mol. The summed E-state index contributed by atoms with van der Waals surface area (Å²) in [5.74, 6) is -0.790. The summed E-state index contributed by atoms with van der Waals surface area (Å²) in [6.07, 6.45) is 0.183. The van der Waals surface area contributed by atoms with Crippen molar-refractivity contribution in [2.75, 3.05) is 0 Å². The first-order valence-electron chi connectivity index (χ1n) is 4.32. The molecule has 0 unspecified atom stereocenters. The van der Waals surface area contributed by atoms with E-state index in [4.69, 9.17) is 5.26 Å². The van der Waals surface area contributed by atoms with Crippen LogP contribution < -0.4 is 0 Å². The molecule has 0 heterocycles. The van der Waals surface area contributed by atoms with Crippen molar-refractivity contribution < 1.29 is 9.18 Å². The van der Waals surface area contributed by atoms with Crippen molar-refractivity contribution in [2.24, 2.45) is 5.92 Å². The molecule has 0 saturated carbocycles. The van der Waals surface area contributed by atoms with Gasteiger partial charge in [0.15, 0.2) is 5.78 Å². The fourth-order valence-electron chi connectivity index (χ4n) is 1.08. The monoisotopic (exact) mass is 191 g/mol. The van der Waals surface area contributed by atoms with E-state index < -0.39 is 0 Å². The minimum atomic E-state index is -0.366. The maximum atomic E-state index is 12.5. The predicted octanol–water partition coefficient (Wildman–Crippen LogP) is 2.56. The van der Waals surface area contributed by atoms with Crippen molar-refractivity contribution in [3.05, 3.63) is 35.6 Å². The molecule has 0 aliphatic carbocycles. The van der Waals surface area contributed by atoms with Gasteiger partial charge in [0.05, 0.1) is 12.0 Å². The Morgan fingerprint density at radius 3 is 2.57 bits per heavy atom. The molecule has 2 nitrogen and oxygen atoms in total. The van der Waals surface area contributed by atoms with Gasteiger partial charge >= 0.3 is 0 Å². The quantitative estimate of drug-likeness (QED) is 0.689. The highest BCUT2D eigenvalue weighted by molar-refractivity contribution is 5.96. The first kappa shape index (κ1) is 10.4. The van der Waals surface area contributed by atoms with Gasteiger partial charge in [-0.3, -0.25) is 4.79 Å². The van der Waals surface area contributed by atoms with Gasteiger partial charge in [-0.05, 0) is 31.2 Å². The number of benzene rings is 1. The fraction of sp³-hybridized carbons (Fsp3) is 0.273. The molecule has 0 fully saturated rings. The molecule has 0 bridgehead atoms. The number of hydrogen-bond acceptors (Lipinski definition) is 2. The molecule has 1 atom stereocenters. The smallest absolute Gasteiger partial charge is 0.164 e. The number of carbonyl (C=O) groups excluding carboxylic acids is 1. The Morgan fingerprint density at radius 2 is 2.07 bits per heavy atom. The molecule has 0 aliphatic rings. The van der Waals surface area contributed by atoms with Crippen LogP contribution in [0, 0.1) is 23.1 Å². The number of nitrogens with zero attached hydrogens (tertiary/aromatic N) is 1. The highest BCUT2D eigenvalue weighted by Gasteiger charge is 2.10. The van der Waals surface area contributed by atoms with Crippen LogP contribution in [-0.2, 0) is 0 Å². The van der Waals surface area contributed by atoms with Crippen LogP contribution in [0.5, 0.6) is 0 Å². The molecule has 0 radical (unpaired) electrons. The Bertz CT molecular complexity index is 364. The molecule has 3 heteroatoms. The lowest BCUT2D eigenvalue weighted by atomic mass is 10.0. The molecule has 0 aliphatic heterocycles. The van der Waals surface area contributed by atoms with Crippen molar-refractivity contribution in [3.8, 4) is 6.07 Å². The average Bonchev–Trinajstić information content (AvgIpc) is 2.18. The molecule has 0 aromatic heterocycles. The molecule has 72 valence electrons. The van der Waals surface area contributed by atoms with Crippen LogP contribution in [0.2, 0.25) is 0 Å². The first-order chi connectivity index (χ1) is 6.63. The van der Waals surface area contributed by atoms with Gasteiger partial charge in [0.25, 0.3) is 0 Å². The van der Waals surface area contributed by atoms with E-state index in [2.05, 4.69) is 0 Å². The zero-order chi connectivity index (χ0) is 10.6. The van der Waals surface area contributed by atoms with Crippen LogP contribution in [0.15, 0.2) is 24.3 Å². The van der Waals surface area contributed by atoms with E-state index in [0.29, 0.717) is 5.56 Å². The molecule has 1 aromatic carbocycles. The zero-order valence-corrected chi connectivity index (χ0v) is 7.83. The molecule has 1 rings (SSSR count). The zero-order valence-electron chi connectivity index (χ0n) is 7.83. The van der Waals surface area contributed by atoms with Crippen LogP contribution >= 0.6 is 0 Å². The summed E-state index contributed by atoms with van der Waals surface area (Å²) in [4.78, 5) is 11.5. The van der Waals surface area contributed by atoms with Crippen LogP contribution in [-0.4, -0.2) is 5.78 Å². The van der Waals surface area contributed by atoms with E-state index in [1.807, 2.05) is 6.07 Å². The molecule has 0 N–H and O–H groups in total. The van der Waals surface area contributed by atoms with Crippen LogP contribution in [0.25, 0.3) is 0 Å². The third kappa shape index (κ3) is 2.67. The van der Waals surface area contributed by atoms with Crippen LogP contribution in [0.1, 0.15) is 23.7 Å². The Kier molecular flexibility index (Phi) is 3.35. The van der Waals surface area contributed by atoms with Crippen LogP contribution in [0.4, 0.5) is 4.39 Å². The summed E-state index contributed by atoms with van der Waals surface area (Å²) in [5, 5.41) is 8.51. The largest absolute Gasteiger partial charge is 0.294 e. The van der Waals surface area contributed by atoms with Gasteiger partial charge in [0.2, 0.25) is 0 Å². The second-order valence-corrected chi connectivity index (χ2v) is 3.16. The van der Waals surface area contributed by atoms with Crippen molar-refractivity contribution in [3.63, 3.8) is 0 Å². The lowest BCUT2D eigenvalue weighted by molar-refractivity contribution is 0.0973. The van der Waals surface area contributed by atoms with E-state index in [9.17, 15) is 9.18 Å². The Morgan fingerprint density at radius 1 is 1.50 bits per heavy atom. The minimum Gasteiger partial charge on any atom is -0.294 e. The molecule has 0 spiro atoms. The number of halogens is 1. The highest BCUT2D eigenvalue weighted by atomic mass is 19.1. The summed E-state index contributed by atoms with van der Waals surface area (Å²) in [7, 11) is 0. The molecule has 1 aromatic rings. The maximum Gasteiger partial charge on any atom is 0.164 e. The first-order valence-corrected chi connectivity index (χ1v) is 4.32. The van der Waals surface area contributed by atoms with Crippen molar-refractivity contribution in [1.29, 1.82) is 5.26 Å². The Balaban J connectivity index is 2.71. The summed E-state index contributed by atoms with van der Waals surface area (Å²) in [6.45, 7) is 1.68. The number of carbonyl (C=O) groups is 1. The molecule has 0 saturated heterocycles. The molecular weight excluding hydrogens is 181 g/mol. The summed E-state index contributed by atoms with van der Waals surface area (Å²) in [6, 6.07) is 7.33. The molecule has 14 heavy (non-hydrogen) atoms. The number of hydrogen-bond donors (Lipinski definition) is 0. The second kappa shape index (κ2) is 4.52. The van der Waals surface area contributed by atoms with Gasteiger partial charge < -0.3 is 0 Å². The van der Waals surface area contributed by atoms with Gasteiger partial charge in [0, 0.05) is 12.0 Å². The third-order valence-corrected chi connectivity index (χ3v) is 1.88. The highest BCUT2D eigenvalue weighted by Crippen LogP contribution is 2.09. The number of Topliss-reactive ketones (excluding diaryl/α,β-unsaturated/α-hetero) is 1. The second-order valence-electron chi connectivity index (χ2n) is 3.16. The topological polar surface area (TPSA) is 40.9 Å². The van der Waals surface area contributed by atoms with Gasteiger partial charge in [-0.1, -0.05) is 0 Å². The summed E-state index contributed by atoms with van der Waals surface area (Å²) >= 11 is 0. The third-order valence-electron chi connectivity index (χ3n) is 1.88. The Labute approximate surface area is 82.0 Å². The van der Waals surface area contributed by atoms with Crippen LogP contribution in [0.3, 0.4) is 0 Å². The van der Waals surface area contributed by atoms with Crippen molar-refractivity contribution in [1.82, 2.24) is 0 Å². The number of nitriles is 1. The van der Waals surface area contributed by atoms with Crippen molar-refractivity contribution >= 4 is 5.78 Å². The van der Waals surface area contributed by atoms with E-state index in [1.54, 1.807) is 6.92 Å². The van der Waals surface area contributed by atoms with Gasteiger partial charge in [0.1, 0.15) is 5.82 Å². The minimum absolute atomic E-state index is 0.126. The summed E-state index contributed by atoms with van der Waals surface area (Å²) < 4.78 is 12.5. The normalized spacial score (nSPS) is 11.8. The van der Waals surface area contributed by atoms with Crippen molar-refractivity contribution in [2.45, 2.75) is 13.3 Å². The lowest BCUT2D eigenvalue weighted by Gasteiger charge is -2.01. The van der Waals surface area contributed by atoms with Gasteiger partial charge in [-0.25, -0.2) is 4.39 Å². The fourth-order valence-corrected chi connectivity index (χ4v) is 1.08.